The average molecular weight is 353 g/mol. The third-order valence-electron chi connectivity index (χ3n) is 5.17. The Bertz CT molecular complexity index is 666. The minimum atomic E-state index is -2.92. The van der Waals surface area contributed by atoms with Gasteiger partial charge in [-0.2, -0.15) is 10.1 Å². The molecule has 2 aliphatic rings. The molecule has 3 rings (SSSR count). The van der Waals surface area contributed by atoms with Gasteiger partial charge in [-0.15, -0.1) is 5.10 Å². The Morgan fingerprint density at radius 1 is 1.29 bits per heavy atom. The van der Waals surface area contributed by atoms with E-state index in [9.17, 15) is 8.42 Å². The van der Waals surface area contributed by atoms with Crippen molar-refractivity contribution in [2.24, 2.45) is 0 Å². The Balaban J connectivity index is 1.83. The van der Waals surface area contributed by atoms with Crippen LogP contribution in [0.4, 0.5) is 11.8 Å². The molecular weight excluding hydrogens is 326 g/mol. The fourth-order valence-corrected chi connectivity index (χ4v) is 5.59. The van der Waals surface area contributed by atoms with Crippen molar-refractivity contribution >= 4 is 21.6 Å². The van der Waals surface area contributed by atoms with Gasteiger partial charge in [0.15, 0.2) is 15.7 Å². The van der Waals surface area contributed by atoms with Crippen LogP contribution >= 0.6 is 0 Å². The third kappa shape index (κ3) is 3.63. The van der Waals surface area contributed by atoms with Crippen molar-refractivity contribution in [1.29, 1.82) is 0 Å². The molecule has 0 bridgehead atoms. The fourth-order valence-electron chi connectivity index (χ4n) is 3.86. The van der Waals surface area contributed by atoms with E-state index in [4.69, 9.17) is 4.98 Å². The highest BCUT2D eigenvalue weighted by atomic mass is 32.2. The first kappa shape index (κ1) is 17.4. The predicted molar refractivity (Wildman–Crippen MR) is 95.2 cm³/mol. The number of rotatable bonds is 5. The molecule has 3 heterocycles. The maximum atomic E-state index is 11.8. The van der Waals surface area contributed by atoms with Gasteiger partial charge >= 0.3 is 0 Å². The van der Waals surface area contributed by atoms with Crippen molar-refractivity contribution in [1.82, 2.24) is 15.2 Å². The summed E-state index contributed by atoms with van der Waals surface area (Å²) < 4.78 is 23.6. The molecule has 0 saturated carbocycles. The van der Waals surface area contributed by atoms with Crippen LogP contribution in [-0.2, 0) is 9.84 Å². The summed E-state index contributed by atoms with van der Waals surface area (Å²) in [6, 6.07) is 0.464. The molecule has 0 N–H and O–H groups in total. The van der Waals surface area contributed by atoms with E-state index in [1.54, 1.807) is 6.20 Å². The van der Waals surface area contributed by atoms with Gasteiger partial charge < -0.3 is 9.80 Å². The van der Waals surface area contributed by atoms with Gasteiger partial charge in [-0.05, 0) is 39.0 Å². The highest BCUT2D eigenvalue weighted by molar-refractivity contribution is 7.91. The van der Waals surface area contributed by atoms with Gasteiger partial charge in [0.1, 0.15) is 0 Å². The number of aromatic nitrogens is 3. The van der Waals surface area contributed by atoms with E-state index in [0.717, 1.165) is 31.7 Å². The quantitative estimate of drug-likeness (QED) is 0.796. The second kappa shape index (κ2) is 7.21. The van der Waals surface area contributed by atoms with Crippen LogP contribution in [0.15, 0.2) is 6.20 Å². The molecule has 1 aromatic heterocycles. The van der Waals surface area contributed by atoms with Gasteiger partial charge in [0.25, 0.3) is 0 Å². The molecule has 1 aromatic rings. The van der Waals surface area contributed by atoms with Crippen molar-refractivity contribution in [2.75, 3.05) is 34.4 Å². The lowest BCUT2D eigenvalue weighted by Crippen LogP contribution is -2.41. The SMILES string of the molecule is CCC1CCCCN1c1nncc(N(CC)C2CCS(=O)(=O)C2)n1. The van der Waals surface area contributed by atoms with Crippen molar-refractivity contribution in [3.05, 3.63) is 6.20 Å². The summed E-state index contributed by atoms with van der Waals surface area (Å²) in [5.74, 6) is 1.90. The number of nitrogens with zero attached hydrogens (tertiary/aromatic N) is 5. The Kier molecular flexibility index (Phi) is 5.22. The molecule has 0 aromatic carbocycles. The molecule has 2 saturated heterocycles. The van der Waals surface area contributed by atoms with Crippen molar-refractivity contribution < 1.29 is 8.42 Å². The summed E-state index contributed by atoms with van der Waals surface area (Å²) in [7, 11) is -2.92. The molecule has 2 unspecified atom stereocenters. The number of sulfone groups is 1. The van der Waals surface area contributed by atoms with Crippen LogP contribution in [0.1, 0.15) is 46.0 Å². The first-order valence-electron chi connectivity index (χ1n) is 8.97. The second-order valence-corrected chi connectivity index (χ2v) is 8.94. The lowest BCUT2D eigenvalue weighted by molar-refractivity contribution is 0.441. The fraction of sp³-hybridized carbons (Fsp3) is 0.812. The summed E-state index contributed by atoms with van der Waals surface area (Å²) in [4.78, 5) is 9.07. The molecule has 2 atom stereocenters. The van der Waals surface area contributed by atoms with E-state index in [2.05, 4.69) is 26.9 Å². The van der Waals surface area contributed by atoms with Crippen molar-refractivity contribution in [3.8, 4) is 0 Å². The third-order valence-corrected chi connectivity index (χ3v) is 6.92. The summed E-state index contributed by atoms with van der Waals surface area (Å²) >= 11 is 0. The maximum Gasteiger partial charge on any atom is 0.247 e. The first-order chi connectivity index (χ1) is 11.5. The molecule has 2 fully saturated rings. The van der Waals surface area contributed by atoms with Crippen LogP contribution in [0.25, 0.3) is 0 Å². The topological polar surface area (TPSA) is 79.3 Å². The number of piperidine rings is 1. The van der Waals surface area contributed by atoms with Crippen LogP contribution in [0.5, 0.6) is 0 Å². The zero-order valence-corrected chi connectivity index (χ0v) is 15.4. The molecule has 0 spiro atoms. The van der Waals surface area contributed by atoms with Crippen molar-refractivity contribution in [2.45, 2.75) is 58.0 Å². The summed E-state index contributed by atoms with van der Waals surface area (Å²) in [5.41, 5.74) is 0. The minimum absolute atomic E-state index is 0.00659. The molecule has 0 radical (unpaired) electrons. The second-order valence-electron chi connectivity index (χ2n) is 6.71. The number of hydrogen-bond acceptors (Lipinski definition) is 7. The average Bonchev–Trinajstić information content (AvgIpc) is 2.95. The molecule has 7 nitrogen and oxygen atoms in total. The molecular formula is C16H27N5O2S. The summed E-state index contributed by atoms with van der Waals surface area (Å²) in [6.07, 6.45) is 6.97. The Morgan fingerprint density at radius 2 is 2.12 bits per heavy atom. The minimum Gasteiger partial charge on any atom is -0.351 e. The predicted octanol–water partition coefficient (Wildman–Crippen LogP) is 1.65. The van der Waals surface area contributed by atoms with Crippen LogP contribution in [0, 0.1) is 0 Å². The summed E-state index contributed by atoms with van der Waals surface area (Å²) in [5, 5.41) is 8.41. The molecule has 134 valence electrons. The van der Waals surface area contributed by atoms with Gasteiger partial charge in [0, 0.05) is 25.2 Å². The monoisotopic (exact) mass is 353 g/mol. The molecule has 0 amide bonds. The number of anilines is 2. The molecule has 8 heteroatoms. The van der Waals surface area contributed by atoms with E-state index in [-0.39, 0.29) is 17.5 Å². The maximum absolute atomic E-state index is 11.8. The van der Waals surface area contributed by atoms with Gasteiger partial charge in [-0.1, -0.05) is 6.92 Å². The normalized spacial score (nSPS) is 26.5. The van der Waals surface area contributed by atoms with E-state index < -0.39 is 9.84 Å². The summed E-state index contributed by atoms with van der Waals surface area (Å²) in [6.45, 7) is 5.91. The van der Waals surface area contributed by atoms with Gasteiger partial charge in [-0.3, -0.25) is 0 Å². The van der Waals surface area contributed by atoms with E-state index in [1.807, 2.05) is 6.92 Å². The van der Waals surface area contributed by atoms with Gasteiger partial charge in [-0.25, -0.2) is 8.42 Å². The zero-order chi connectivity index (χ0) is 17.2. The first-order valence-corrected chi connectivity index (χ1v) is 10.8. The van der Waals surface area contributed by atoms with Gasteiger partial charge in [0.05, 0.1) is 17.7 Å². The lowest BCUT2D eigenvalue weighted by atomic mass is 10.0. The smallest absolute Gasteiger partial charge is 0.247 e. The van der Waals surface area contributed by atoms with Crippen LogP contribution in [-0.4, -0.2) is 60.3 Å². The standard InChI is InChI=1S/C16H27N5O2S/c1-3-13-7-5-6-9-21(13)16-18-15(11-17-19-16)20(4-2)14-8-10-24(22,23)12-14/h11,13-14H,3-10,12H2,1-2H3. The largest absolute Gasteiger partial charge is 0.351 e. The Hall–Kier alpha value is -1.44. The van der Waals surface area contributed by atoms with Crippen molar-refractivity contribution in [3.63, 3.8) is 0 Å². The highest BCUT2D eigenvalue weighted by Gasteiger charge is 2.33. The van der Waals surface area contributed by atoms with E-state index in [1.165, 1.54) is 12.8 Å². The van der Waals surface area contributed by atoms with E-state index >= 15 is 0 Å². The Labute approximate surface area is 144 Å². The van der Waals surface area contributed by atoms with Crippen LogP contribution in [0.2, 0.25) is 0 Å². The Morgan fingerprint density at radius 3 is 2.79 bits per heavy atom. The molecule has 24 heavy (non-hydrogen) atoms. The molecule has 2 aliphatic heterocycles. The van der Waals surface area contributed by atoms with Crippen LogP contribution in [0.3, 0.4) is 0 Å². The molecule has 0 aliphatic carbocycles. The van der Waals surface area contributed by atoms with Gasteiger partial charge in [0.2, 0.25) is 5.95 Å². The van der Waals surface area contributed by atoms with E-state index in [0.29, 0.717) is 18.4 Å². The number of hydrogen-bond donors (Lipinski definition) is 0. The highest BCUT2D eigenvalue weighted by Crippen LogP contribution is 2.26. The zero-order valence-electron chi connectivity index (χ0n) is 14.6. The lowest BCUT2D eigenvalue weighted by Gasteiger charge is -2.35. The van der Waals surface area contributed by atoms with Crippen LogP contribution < -0.4 is 9.80 Å².